The van der Waals surface area contributed by atoms with Crippen LogP contribution in [0.2, 0.25) is 0 Å². The average Bonchev–Trinajstić information content (AvgIpc) is 2.38. The maximum absolute atomic E-state index is 11.7. The van der Waals surface area contributed by atoms with E-state index in [0.717, 1.165) is 5.75 Å². The van der Waals surface area contributed by atoms with Crippen molar-refractivity contribution in [2.24, 2.45) is 5.41 Å². The Morgan fingerprint density at radius 3 is 2.74 bits per heavy atom. The molecule has 0 aliphatic rings. The highest BCUT2D eigenvalue weighted by molar-refractivity contribution is 7.99. The number of aliphatic hydroxyl groups is 1. The van der Waals surface area contributed by atoms with Gasteiger partial charge in [-0.25, -0.2) is 0 Å². The molecule has 1 aromatic rings. The molecule has 0 aromatic carbocycles. The third-order valence-electron chi connectivity index (χ3n) is 2.80. The summed E-state index contributed by atoms with van der Waals surface area (Å²) in [4.78, 5) is 15.6. The number of rotatable bonds is 8. The molecule has 1 heterocycles. The van der Waals surface area contributed by atoms with E-state index in [1.165, 1.54) is 5.56 Å². The first-order valence-corrected chi connectivity index (χ1v) is 7.53. The van der Waals surface area contributed by atoms with Gasteiger partial charge in [0.1, 0.15) is 0 Å². The number of pyridine rings is 1. The van der Waals surface area contributed by atoms with Gasteiger partial charge in [-0.3, -0.25) is 9.78 Å². The first kappa shape index (κ1) is 16.0. The number of hydrogen-bond donors (Lipinski definition) is 2. The second-order valence-electron chi connectivity index (χ2n) is 5.26. The Morgan fingerprint density at radius 2 is 2.11 bits per heavy atom. The predicted octanol–water partition coefficient (Wildman–Crippen LogP) is 1.84. The largest absolute Gasteiger partial charge is 0.396 e. The lowest BCUT2D eigenvalue weighted by molar-refractivity contribution is -0.119. The fourth-order valence-electron chi connectivity index (χ4n) is 1.52. The van der Waals surface area contributed by atoms with E-state index in [1.807, 2.05) is 26.0 Å². The van der Waals surface area contributed by atoms with Crippen LogP contribution in [0.1, 0.15) is 25.8 Å². The van der Waals surface area contributed by atoms with E-state index in [4.69, 9.17) is 5.11 Å². The van der Waals surface area contributed by atoms with Crippen LogP contribution in [-0.2, 0) is 10.5 Å². The van der Waals surface area contributed by atoms with Crippen LogP contribution in [0.3, 0.4) is 0 Å². The van der Waals surface area contributed by atoms with Crippen molar-refractivity contribution in [1.82, 2.24) is 10.3 Å². The normalized spacial score (nSPS) is 11.3. The van der Waals surface area contributed by atoms with Gasteiger partial charge in [-0.1, -0.05) is 13.8 Å². The van der Waals surface area contributed by atoms with Crippen LogP contribution >= 0.6 is 11.8 Å². The Labute approximate surface area is 119 Å². The Morgan fingerprint density at radius 1 is 1.42 bits per heavy atom. The molecule has 19 heavy (non-hydrogen) atoms. The summed E-state index contributed by atoms with van der Waals surface area (Å²) >= 11 is 1.59. The molecule has 0 aliphatic heterocycles. The molecule has 0 unspecified atom stereocenters. The van der Waals surface area contributed by atoms with Gasteiger partial charge in [-0.15, -0.1) is 11.8 Å². The fraction of sp³-hybridized carbons (Fsp3) is 0.571. The Balaban J connectivity index is 2.18. The van der Waals surface area contributed by atoms with Gasteiger partial charge in [0.05, 0.1) is 5.75 Å². The molecule has 5 heteroatoms. The zero-order valence-electron chi connectivity index (χ0n) is 11.6. The number of carbonyl (C=O) groups is 1. The lowest BCUT2D eigenvalue weighted by Crippen LogP contribution is -2.35. The summed E-state index contributed by atoms with van der Waals surface area (Å²) in [7, 11) is 0. The van der Waals surface area contributed by atoms with Crippen LogP contribution in [0.25, 0.3) is 0 Å². The summed E-state index contributed by atoms with van der Waals surface area (Å²) < 4.78 is 0. The number of nitrogens with one attached hydrogen (secondary N) is 1. The van der Waals surface area contributed by atoms with Gasteiger partial charge >= 0.3 is 0 Å². The monoisotopic (exact) mass is 282 g/mol. The summed E-state index contributed by atoms with van der Waals surface area (Å²) in [5.74, 6) is 1.32. The van der Waals surface area contributed by atoms with Crippen LogP contribution in [0.15, 0.2) is 24.5 Å². The number of nitrogens with zero attached hydrogens (tertiary/aromatic N) is 1. The zero-order valence-corrected chi connectivity index (χ0v) is 12.4. The highest BCUT2D eigenvalue weighted by Crippen LogP contribution is 2.18. The number of amides is 1. The third-order valence-corrected chi connectivity index (χ3v) is 3.81. The molecule has 1 amide bonds. The van der Waals surface area contributed by atoms with Crippen LogP contribution in [0, 0.1) is 5.41 Å². The smallest absolute Gasteiger partial charge is 0.230 e. The minimum absolute atomic E-state index is 0.0464. The summed E-state index contributed by atoms with van der Waals surface area (Å²) in [6, 6.07) is 3.91. The van der Waals surface area contributed by atoms with E-state index in [0.29, 0.717) is 18.7 Å². The Hall–Kier alpha value is -1.07. The molecule has 0 atom stereocenters. The van der Waals surface area contributed by atoms with Gasteiger partial charge in [-0.05, 0) is 29.5 Å². The average molecular weight is 282 g/mol. The van der Waals surface area contributed by atoms with Crippen LogP contribution < -0.4 is 5.32 Å². The second-order valence-corrected chi connectivity index (χ2v) is 6.25. The van der Waals surface area contributed by atoms with Gasteiger partial charge in [-0.2, -0.15) is 0 Å². The summed E-state index contributed by atoms with van der Waals surface area (Å²) in [5.41, 5.74) is 1.12. The molecule has 0 aliphatic carbocycles. The zero-order chi connectivity index (χ0) is 14.1. The number of carbonyl (C=O) groups excluding carboxylic acids is 1. The molecule has 106 valence electrons. The minimum atomic E-state index is -0.0554. The Kier molecular flexibility index (Phi) is 6.87. The first-order chi connectivity index (χ1) is 9.03. The van der Waals surface area contributed by atoms with E-state index in [-0.39, 0.29) is 17.9 Å². The number of aliphatic hydroxyl groups excluding tert-OH is 1. The van der Waals surface area contributed by atoms with E-state index < -0.39 is 0 Å². The van der Waals surface area contributed by atoms with E-state index in [1.54, 1.807) is 24.2 Å². The second kappa shape index (κ2) is 8.17. The number of hydrogen-bond acceptors (Lipinski definition) is 4. The van der Waals surface area contributed by atoms with Gasteiger partial charge in [0.2, 0.25) is 5.91 Å². The fourth-order valence-corrected chi connectivity index (χ4v) is 2.34. The van der Waals surface area contributed by atoms with Crippen molar-refractivity contribution in [1.29, 1.82) is 0 Å². The molecule has 0 spiro atoms. The first-order valence-electron chi connectivity index (χ1n) is 6.38. The SMILES string of the molecule is CC(C)(CCO)CNC(=O)CSCc1ccncc1. The van der Waals surface area contributed by atoms with E-state index in [9.17, 15) is 4.79 Å². The van der Waals surface area contributed by atoms with Crippen molar-refractivity contribution >= 4 is 17.7 Å². The lowest BCUT2D eigenvalue weighted by Gasteiger charge is -2.23. The molecule has 0 saturated heterocycles. The molecule has 1 rings (SSSR count). The molecule has 1 aromatic heterocycles. The predicted molar refractivity (Wildman–Crippen MR) is 78.9 cm³/mol. The summed E-state index contributed by atoms with van der Waals surface area (Å²) in [6.45, 7) is 4.82. The van der Waals surface area contributed by atoms with Crippen molar-refractivity contribution in [3.63, 3.8) is 0 Å². The quantitative estimate of drug-likeness (QED) is 0.764. The third kappa shape index (κ3) is 7.18. The van der Waals surface area contributed by atoms with Gasteiger partial charge in [0.15, 0.2) is 0 Å². The van der Waals surface area contributed by atoms with Crippen LogP contribution in [0.4, 0.5) is 0 Å². The van der Waals surface area contributed by atoms with Crippen molar-refractivity contribution in [2.75, 3.05) is 18.9 Å². The summed E-state index contributed by atoms with van der Waals surface area (Å²) in [6.07, 6.45) is 4.21. The van der Waals surface area contributed by atoms with Crippen molar-refractivity contribution in [3.8, 4) is 0 Å². The number of thioether (sulfide) groups is 1. The highest BCUT2D eigenvalue weighted by atomic mass is 32.2. The van der Waals surface area contributed by atoms with Crippen molar-refractivity contribution < 1.29 is 9.90 Å². The maximum atomic E-state index is 11.7. The molecular formula is C14H22N2O2S. The lowest BCUT2D eigenvalue weighted by atomic mass is 9.90. The molecule has 4 nitrogen and oxygen atoms in total. The minimum Gasteiger partial charge on any atom is -0.396 e. The molecule has 0 radical (unpaired) electrons. The number of aromatic nitrogens is 1. The Bertz CT molecular complexity index is 382. The maximum Gasteiger partial charge on any atom is 0.230 e. The van der Waals surface area contributed by atoms with Gasteiger partial charge in [0.25, 0.3) is 0 Å². The summed E-state index contributed by atoms with van der Waals surface area (Å²) in [5, 5.41) is 11.8. The van der Waals surface area contributed by atoms with Crippen molar-refractivity contribution in [3.05, 3.63) is 30.1 Å². The molecule has 0 bridgehead atoms. The van der Waals surface area contributed by atoms with Gasteiger partial charge in [0, 0.05) is 31.3 Å². The molecule has 0 fully saturated rings. The molecule has 0 saturated carbocycles. The van der Waals surface area contributed by atoms with Crippen LogP contribution in [0.5, 0.6) is 0 Å². The molecule has 2 N–H and O–H groups in total. The standard InChI is InChI=1S/C14H22N2O2S/c1-14(2,5-8-17)11-16-13(18)10-19-9-12-3-6-15-7-4-12/h3-4,6-7,17H,5,8-11H2,1-2H3,(H,16,18). The van der Waals surface area contributed by atoms with E-state index >= 15 is 0 Å². The topological polar surface area (TPSA) is 62.2 Å². The highest BCUT2D eigenvalue weighted by Gasteiger charge is 2.17. The van der Waals surface area contributed by atoms with Gasteiger partial charge < -0.3 is 10.4 Å². The molecular weight excluding hydrogens is 260 g/mol. The van der Waals surface area contributed by atoms with Crippen molar-refractivity contribution in [2.45, 2.75) is 26.0 Å². The van der Waals surface area contributed by atoms with E-state index in [2.05, 4.69) is 10.3 Å². The van der Waals surface area contributed by atoms with Crippen LogP contribution in [-0.4, -0.2) is 34.9 Å².